The van der Waals surface area contributed by atoms with E-state index in [9.17, 15) is 0 Å². The summed E-state index contributed by atoms with van der Waals surface area (Å²) in [6.45, 7) is 3.42. The Labute approximate surface area is 237 Å². The Morgan fingerprint density at radius 2 is 1.77 bits per heavy atom. The van der Waals surface area contributed by atoms with Gasteiger partial charge in [-0.1, -0.05) is 0 Å². The summed E-state index contributed by atoms with van der Waals surface area (Å²) in [7, 11) is 29.8. The molecule has 1 aromatic carbocycles. The predicted molar refractivity (Wildman–Crippen MR) is 155 cm³/mol. The van der Waals surface area contributed by atoms with Crippen LogP contribution in [0, 0.1) is 0 Å². The summed E-state index contributed by atoms with van der Waals surface area (Å²) in [6.07, 6.45) is 2.93. The monoisotopic (exact) mass is 533 g/mol. The topological polar surface area (TPSA) is 123 Å². The molecule has 0 aliphatic carbocycles. The fourth-order valence-electron chi connectivity index (χ4n) is 4.54. The summed E-state index contributed by atoms with van der Waals surface area (Å²) in [5.41, 5.74) is 7.62. The SMILES string of the molecule is [B]C([B])(N1CCN(c2ccc(OCCOC)cc2)CC1)C([B])([B])N(C)c1cc2nc(-c3ncco3)nn2c(N)n1. The second-order valence-electron chi connectivity index (χ2n) is 9.53. The van der Waals surface area contributed by atoms with Gasteiger partial charge in [0.2, 0.25) is 11.8 Å². The minimum atomic E-state index is -1.75. The number of hydrogen-bond donors (Lipinski definition) is 1. The second kappa shape index (κ2) is 11.1. The molecule has 2 N–H and O–H groups in total. The number of ether oxygens (including phenoxy) is 2. The summed E-state index contributed by atoms with van der Waals surface area (Å²) in [6, 6.07) is 9.54. The van der Waals surface area contributed by atoms with Crippen LogP contribution in [0.4, 0.5) is 17.5 Å². The molecule has 0 unspecified atom stereocenters. The maximum absolute atomic E-state index is 6.64. The smallest absolute Gasteiger partial charge is 0.266 e. The van der Waals surface area contributed by atoms with Crippen molar-refractivity contribution in [2.75, 3.05) is 69.1 Å². The summed E-state index contributed by atoms with van der Waals surface area (Å²) in [5, 5.41) is 0.917. The molecule has 1 fully saturated rings. The van der Waals surface area contributed by atoms with Gasteiger partial charge in [0, 0.05) is 52.1 Å². The zero-order valence-corrected chi connectivity index (χ0v) is 22.5. The molecule has 40 heavy (non-hydrogen) atoms. The highest BCUT2D eigenvalue weighted by Gasteiger charge is 2.43. The van der Waals surface area contributed by atoms with Crippen LogP contribution in [0.2, 0.25) is 0 Å². The first-order valence-corrected chi connectivity index (χ1v) is 12.7. The van der Waals surface area contributed by atoms with Crippen LogP contribution in [0.1, 0.15) is 0 Å². The number of nitrogen functional groups attached to an aromatic ring is 1. The lowest BCUT2D eigenvalue weighted by atomic mass is 9.37. The highest BCUT2D eigenvalue weighted by molar-refractivity contribution is 6.55. The lowest BCUT2D eigenvalue weighted by Gasteiger charge is -2.58. The fourth-order valence-corrected chi connectivity index (χ4v) is 4.54. The number of nitrogens with zero attached hydrogens (tertiary/aromatic N) is 8. The summed E-state index contributed by atoms with van der Waals surface area (Å²) in [4.78, 5) is 18.5. The molecule has 0 spiro atoms. The van der Waals surface area contributed by atoms with Crippen LogP contribution < -0.4 is 20.3 Å². The van der Waals surface area contributed by atoms with Gasteiger partial charge in [0.15, 0.2) is 5.65 Å². The van der Waals surface area contributed by atoms with Gasteiger partial charge in [-0.05, 0) is 34.9 Å². The van der Waals surface area contributed by atoms with E-state index in [4.69, 9.17) is 51.0 Å². The number of likely N-dealkylation sites (N-methyl/N-ethyl adjacent to an activating group) is 1. The van der Waals surface area contributed by atoms with Crippen LogP contribution in [0.15, 0.2) is 47.2 Å². The minimum absolute atomic E-state index is 0.0591. The zero-order valence-electron chi connectivity index (χ0n) is 22.5. The standard InChI is InChI=1S/C24H27B4N9O3/c1-34(18-15-19-31-20(21-30-7-12-40-21)33-37(19)22(29)32-18)23(25,26)24(27,28)36-10-8-35(9-11-36)16-3-5-17(6-4-16)39-14-13-38-2/h3-7,12,15H,8-11,13-14H2,1-2H3,(H2,29,32). The van der Waals surface area contributed by atoms with Gasteiger partial charge in [0.1, 0.15) is 24.4 Å². The predicted octanol–water partition coefficient (Wildman–Crippen LogP) is -0.373. The second-order valence-corrected chi connectivity index (χ2v) is 9.53. The van der Waals surface area contributed by atoms with Crippen molar-refractivity contribution in [1.29, 1.82) is 0 Å². The number of piperazine rings is 1. The molecular weight excluding hydrogens is 506 g/mol. The van der Waals surface area contributed by atoms with Crippen LogP contribution in [-0.4, -0.2) is 125 Å². The Balaban J connectivity index is 1.27. The molecule has 8 radical (unpaired) electrons. The molecule has 3 aromatic heterocycles. The lowest BCUT2D eigenvalue weighted by Crippen LogP contribution is -2.74. The van der Waals surface area contributed by atoms with E-state index in [0.717, 1.165) is 11.4 Å². The van der Waals surface area contributed by atoms with Crippen LogP contribution in [0.5, 0.6) is 5.75 Å². The summed E-state index contributed by atoms with van der Waals surface area (Å²) >= 11 is 0. The third-order valence-corrected chi connectivity index (χ3v) is 7.06. The van der Waals surface area contributed by atoms with E-state index in [0.29, 0.717) is 50.9 Å². The van der Waals surface area contributed by atoms with E-state index in [-0.39, 0.29) is 17.7 Å². The largest absolute Gasteiger partial charge is 0.491 e. The van der Waals surface area contributed by atoms with Gasteiger partial charge >= 0.3 is 0 Å². The number of methoxy groups -OCH3 is 1. The fraction of sp³-hybridized carbons (Fsp3) is 0.417. The molecule has 1 saturated heterocycles. The molecule has 0 atom stereocenters. The number of aromatic nitrogens is 5. The van der Waals surface area contributed by atoms with Crippen molar-refractivity contribution < 1.29 is 13.9 Å². The number of benzene rings is 1. The van der Waals surface area contributed by atoms with Gasteiger partial charge in [0.05, 0.1) is 44.2 Å². The first-order valence-electron chi connectivity index (χ1n) is 12.7. The molecule has 0 amide bonds. The highest BCUT2D eigenvalue weighted by atomic mass is 16.5. The van der Waals surface area contributed by atoms with E-state index >= 15 is 0 Å². The highest BCUT2D eigenvalue weighted by Crippen LogP contribution is 2.30. The average Bonchev–Trinajstić information content (AvgIpc) is 3.64. The maximum Gasteiger partial charge on any atom is 0.266 e. The number of oxazole rings is 1. The van der Waals surface area contributed by atoms with Crippen molar-refractivity contribution in [3.8, 4) is 17.5 Å². The van der Waals surface area contributed by atoms with E-state index in [1.54, 1.807) is 20.2 Å². The lowest BCUT2D eigenvalue weighted by molar-refractivity contribution is 0.146. The van der Waals surface area contributed by atoms with Crippen molar-refractivity contribution in [3.63, 3.8) is 0 Å². The maximum atomic E-state index is 6.64. The van der Waals surface area contributed by atoms with Crippen LogP contribution in [-0.2, 0) is 4.74 Å². The number of fused-ring (bicyclic) bond motifs is 1. The number of anilines is 3. The van der Waals surface area contributed by atoms with Crippen LogP contribution in [0.3, 0.4) is 0 Å². The Kier molecular flexibility index (Phi) is 7.74. The first kappa shape index (κ1) is 27.9. The van der Waals surface area contributed by atoms with Gasteiger partial charge in [-0.15, -0.1) is 5.10 Å². The Morgan fingerprint density at radius 3 is 2.42 bits per heavy atom. The van der Waals surface area contributed by atoms with Crippen molar-refractivity contribution >= 4 is 54.5 Å². The molecule has 5 rings (SSSR count). The zero-order chi connectivity index (χ0) is 28.5. The molecule has 4 aromatic rings. The molecule has 1 aliphatic rings. The number of rotatable bonds is 10. The summed E-state index contributed by atoms with van der Waals surface area (Å²) in [5.74, 6) is 1.66. The van der Waals surface area contributed by atoms with Gasteiger partial charge in [-0.3, -0.25) is 0 Å². The van der Waals surface area contributed by atoms with Crippen molar-refractivity contribution in [2.24, 2.45) is 0 Å². The third kappa shape index (κ3) is 5.25. The third-order valence-electron chi connectivity index (χ3n) is 7.06. The minimum Gasteiger partial charge on any atom is -0.491 e. The van der Waals surface area contributed by atoms with Crippen LogP contribution >= 0.6 is 0 Å². The van der Waals surface area contributed by atoms with Gasteiger partial charge in [0.25, 0.3) is 5.89 Å². The number of hydrogen-bond acceptors (Lipinski definition) is 11. The summed E-state index contributed by atoms with van der Waals surface area (Å²) < 4.78 is 17.3. The normalized spacial score (nSPS) is 15.0. The molecular formula is C24H27B4N9O3. The molecule has 16 heteroatoms. The Hall–Kier alpha value is -3.64. The van der Waals surface area contributed by atoms with Gasteiger partial charge in [-0.25, -0.2) is 9.97 Å². The average molecular weight is 533 g/mol. The van der Waals surface area contributed by atoms with Crippen molar-refractivity contribution in [1.82, 2.24) is 29.5 Å². The van der Waals surface area contributed by atoms with Gasteiger partial charge in [-0.2, -0.15) is 9.50 Å². The van der Waals surface area contributed by atoms with Crippen molar-refractivity contribution in [2.45, 2.75) is 10.7 Å². The van der Waals surface area contributed by atoms with E-state index in [1.165, 1.54) is 21.9 Å². The number of nitrogens with two attached hydrogens (primary N) is 1. The van der Waals surface area contributed by atoms with Crippen LogP contribution in [0.25, 0.3) is 17.4 Å². The molecule has 0 saturated carbocycles. The van der Waals surface area contributed by atoms with E-state index < -0.39 is 10.7 Å². The molecule has 198 valence electrons. The quantitative estimate of drug-likeness (QED) is 0.212. The van der Waals surface area contributed by atoms with Crippen molar-refractivity contribution in [3.05, 3.63) is 42.8 Å². The Morgan fingerprint density at radius 1 is 1.05 bits per heavy atom. The molecule has 4 heterocycles. The molecule has 12 nitrogen and oxygen atoms in total. The Bertz CT molecular complexity index is 1430. The van der Waals surface area contributed by atoms with E-state index in [1.807, 2.05) is 29.2 Å². The molecule has 1 aliphatic heterocycles. The first-order chi connectivity index (χ1) is 19.1. The van der Waals surface area contributed by atoms with Gasteiger partial charge < -0.3 is 34.3 Å². The van der Waals surface area contributed by atoms with E-state index in [2.05, 4.69) is 25.0 Å². The molecule has 0 bridgehead atoms.